The van der Waals surface area contributed by atoms with Gasteiger partial charge in [-0.25, -0.2) is 0 Å². The summed E-state index contributed by atoms with van der Waals surface area (Å²) in [6.07, 6.45) is 1.51. The lowest BCUT2D eigenvalue weighted by molar-refractivity contribution is 0.169. The van der Waals surface area contributed by atoms with Crippen molar-refractivity contribution in [2.75, 3.05) is 0 Å². The molecule has 1 N–H and O–H groups in total. The van der Waals surface area contributed by atoms with Gasteiger partial charge in [0, 0.05) is 17.5 Å². The molecule has 0 bridgehead atoms. The van der Waals surface area contributed by atoms with Gasteiger partial charge in [0.2, 0.25) is 0 Å². The normalized spacial score (nSPS) is 15.1. The molecule has 1 heterocycles. The lowest BCUT2D eigenvalue weighted by atomic mass is 9.97. The molecule has 0 saturated carbocycles. The van der Waals surface area contributed by atoms with Gasteiger partial charge in [-0.2, -0.15) is 0 Å². The van der Waals surface area contributed by atoms with Gasteiger partial charge in [0.1, 0.15) is 0 Å². The Morgan fingerprint density at radius 2 is 1.93 bits per heavy atom. The molecule has 0 fully saturated rings. The van der Waals surface area contributed by atoms with Crippen LogP contribution in [0.3, 0.4) is 0 Å². The average Bonchev–Trinajstić information content (AvgIpc) is 2.27. The molecule has 0 amide bonds. The predicted octanol–water partition coefficient (Wildman–Crippen LogP) is 2.72. The van der Waals surface area contributed by atoms with E-state index in [2.05, 4.69) is 11.1 Å². The summed E-state index contributed by atoms with van der Waals surface area (Å²) < 4.78 is 0. The maximum Gasteiger partial charge on any atom is 0.0702 e. The molecule has 2 rings (SSSR count). The molecule has 1 aromatic heterocycles. The summed E-state index contributed by atoms with van der Waals surface area (Å²) in [5.41, 5.74) is 2.09. The summed E-state index contributed by atoms with van der Waals surface area (Å²) in [6.45, 7) is 3.82. The zero-order valence-corrected chi connectivity index (χ0v) is 9.01. The van der Waals surface area contributed by atoms with Crippen molar-refractivity contribution in [3.8, 4) is 0 Å². The third-order valence-electron chi connectivity index (χ3n) is 2.86. The number of aliphatic hydroxyl groups excluding tert-OH is 1. The highest BCUT2D eigenvalue weighted by molar-refractivity contribution is 5.78. The number of para-hydroxylation sites is 1. The van der Waals surface area contributed by atoms with Crippen molar-refractivity contribution in [3.05, 3.63) is 42.1 Å². The number of pyridine rings is 1. The molecule has 0 aliphatic rings. The smallest absolute Gasteiger partial charge is 0.0702 e. The number of hydrogen-bond donors (Lipinski definition) is 1. The van der Waals surface area contributed by atoms with Gasteiger partial charge in [0.15, 0.2) is 0 Å². The fraction of sp³-hybridized carbons (Fsp3) is 0.308. The van der Waals surface area contributed by atoms with Crippen molar-refractivity contribution in [2.45, 2.75) is 25.9 Å². The molecule has 78 valence electrons. The quantitative estimate of drug-likeness (QED) is 0.810. The molecule has 0 aliphatic heterocycles. The van der Waals surface area contributed by atoms with E-state index in [1.54, 1.807) is 6.92 Å². The lowest BCUT2D eigenvalue weighted by Gasteiger charge is -2.14. The van der Waals surface area contributed by atoms with Gasteiger partial charge in [-0.1, -0.05) is 25.1 Å². The Bertz CT molecular complexity index is 465. The number of rotatable bonds is 2. The second kappa shape index (κ2) is 3.99. The lowest BCUT2D eigenvalue weighted by Crippen LogP contribution is -2.11. The van der Waals surface area contributed by atoms with Gasteiger partial charge in [-0.15, -0.1) is 0 Å². The molecule has 2 nitrogen and oxygen atoms in total. The number of benzene rings is 1. The molecule has 2 atom stereocenters. The van der Waals surface area contributed by atoms with Crippen molar-refractivity contribution in [2.24, 2.45) is 0 Å². The Morgan fingerprint density at radius 1 is 1.20 bits per heavy atom. The first-order valence-electron chi connectivity index (χ1n) is 5.21. The largest absolute Gasteiger partial charge is 0.393 e. The summed E-state index contributed by atoms with van der Waals surface area (Å²) in [7, 11) is 0. The van der Waals surface area contributed by atoms with E-state index >= 15 is 0 Å². The highest BCUT2D eigenvalue weighted by atomic mass is 16.3. The standard InChI is InChI=1S/C13H15NO/c1-9(10(2)15)12-7-11-5-3-4-6-13(11)14-8-12/h3-10,15H,1-2H3. The first-order valence-corrected chi connectivity index (χ1v) is 5.21. The van der Waals surface area contributed by atoms with Gasteiger partial charge in [0.05, 0.1) is 11.6 Å². The van der Waals surface area contributed by atoms with Crippen molar-refractivity contribution in [1.29, 1.82) is 0 Å². The van der Waals surface area contributed by atoms with Crippen LogP contribution in [-0.2, 0) is 0 Å². The van der Waals surface area contributed by atoms with Crippen LogP contribution in [0.4, 0.5) is 0 Å². The summed E-state index contributed by atoms with van der Waals surface area (Å²) in [4.78, 5) is 4.37. The van der Waals surface area contributed by atoms with E-state index in [0.717, 1.165) is 16.5 Å². The average molecular weight is 201 g/mol. The van der Waals surface area contributed by atoms with E-state index in [9.17, 15) is 5.11 Å². The predicted molar refractivity (Wildman–Crippen MR) is 61.8 cm³/mol. The van der Waals surface area contributed by atoms with E-state index in [0.29, 0.717) is 0 Å². The minimum absolute atomic E-state index is 0.127. The van der Waals surface area contributed by atoms with Crippen LogP contribution < -0.4 is 0 Å². The van der Waals surface area contributed by atoms with Gasteiger partial charge in [-0.3, -0.25) is 4.98 Å². The van der Waals surface area contributed by atoms with Crippen LogP contribution in [0.2, 0.25) is 0 Å². The minimum Gasteiger partial charge on any atom is -0.393 e. The summed E-state index contributed by atoms with van der Waals surface area (Å²) in [6, 6.07) is 10.1. The number of aromatic nitrogens is 1. The van der Waals surface area contributed by atoms with Gasteiger partial charge < -0.3 is 5.11 Å². The Morgan fingerprint density at radius 3 is 2.67 bits per heavy atom. The summed E-state index contributed by atoms with van der Waals surface area (Å²) >= 11 is 0. The number of nitrogens with zero attached hydrogens (tertiary/aromatic N) is 1. The fourth-order valence-corrected chi connectivity index (χ4v) is 1.62. The van der Waals surface area contributed by atoms with Crippen LogP contribution in [0.15, 0.2) is 36.5 Å². The van der Waals surface area contributed by atoms with Crippen molar-refractivity contribution in [1.82, 2.24) is 4.98 Å². The zero-order chi connectivity index (χ0) is 10.8. The Hall–Kier alpha value is -1.41. The van der Waals surface area contributed by atoms with Crippen LogP contribution in [-0.4, -0.2) is 16.2 Å². The molecule has 0 aliphatic carbocycles. The van der Waals surface area contributed by atoms with E-state index in [-0.39, 0.29) is 12.0 Å². The molecular weight excluding hydrogens is 186 g/mol. The second-order valence-corrected chi connectivity index (χ2v) is 3.99. The summed E-state index contributed by atoms with van der Waals surface area (Å²) in [5.74, 6) is 0.127. The number of hydrogen-bond acceptors (Lipinski definition) is 2. The van der Waals surface area contributed by atoms with Crippen LogP contribution >= 0.6 is 0 Å². The van der Waals surface area contributed by atoms with Crippen molar-refractivity contribution >= 4 is 10.9 Å². The molecule has 0 radical (unpaired) electrons. The molecule has 2 heteroatoms. The highest BCUT2D eigenvalue weighted by Gasteiger charge is 2.11. The Balaban J connectivity index is 2.47. The molecular formula is C13H15NO. The monoisotopic (exact) mass is 201 g/mol. The van der Waals surface area contributed by atoms with Crippen LogP contribution in [0.1, 0.15) is 25.3 Å². The van der Waals surface area contributed by atoms with E-state index in [1.807, 2.05) is 37.4 Å². The van der Waals surface area contributed by atoms with Gasteiger partial charge >= 0.3 is 0 Å². The second-order valence-electron chi connectivity index (χ2n) is 3.99. The first kappa shape index (κ1) is 10.1. The van der Waals surface area contributed by atoms with Gasteiger partial charge in [-0.05, 0) is 24.6 Å². The molecule has 2 aromatic rings. The minimum atomic E-state index is -0.340. The van der Waals surface area contributed by atoms with E-state index < -0.39 is 0 Å². The molecule has 0 saturated heterocycles. The van der Waals surface area contributed by atoms with Crippen molar-refractivity contribution < 1.29 is 5.11 Å². The van der Waals surface area contributed by atoms with Gasteiger partial charge in [0.25, 0.3) is 0 Å². The summed E-state index contributed by atoms with van der Waals surface area (Å²) in [5, 5.41) is 10.6. The Labute approximate surface area is 89.6 Å². The first-order chi connectivity index (χ1) is 7.18. The highest BCUT2D eigenvalue weighted by Crippen LogP contribution is 2.21. The fourth-order valence-electron chi connectivity index (χ4n) is 1.62. The van der Waals surface area contributed by atoms with E-state index in [4.69, 9.17) is 0 Å². The molecule has 15 heavy (non-hydrogen) atoms. The van der Waals surface area contributed by atoms with Crippen LogP contribution in [0.25, 0.3) is 10.9 Å². The molecule has 1 aromatic carbocycles. The number of fused-ring (bicyclic) bond motifs is 1. The third-order valence-corrected chi connectivity index (χ3v) is 2.86. The molecule has 0 spiro atoms. The topological polar surface area (TPSA) is 33.1 Å². The Kier molecular flexibility index (Phi) is 2.69. The SMILES string of the molecule is CC(O)C(C)c1cnc2ccccc2c1. The van der Waals surface area contributed by atoms with E-state index in [1.165, 1.54) is 0 Å². The molecule has 2 unspecified atom stereocenters. The van der Waals surface area contributed by atoms with Crippen LogP contribution in [0.5, 0.6) is 0 Å². The maximum absolute atomic E-state index is 9.52. The number of aliphatic hydroxyl groups is 1. The maximum atomic E-state index is 9.52. The zero-order valence-electron chi connectivity index (χ0n) is 9.01. The third kappa shape index (κ3) is 2.00. The van der Waals surface area contributed by atoms with Crippen LogP contribution in [0, 0.1) is 0 Å². The van der Waals surface area contributed by atoms with Crippen molar-refractivity contribution in [3.63, 3.8) is 0 Å².